The number of nitrogens with one attached hydrogen (secondary N) is 1. The van der Waals surface area contributed by atoms with E-state index in [0.29, 0.717) is 24.3 Å². The highest BCUT2D eigenvalue weighted by Crippen LogP contribution is 2.32. The average Bonchev–Trinajstić information content (AvgIpc) is 2.85. The molecule has 6 heteroatoms. The maximum absolute atomic E-state index is 13.4. The van der Waals surface area contributed by atoms with Crippen LogP contribution in [0.1, 0.15) is 23.7 Å². The summed E-state index contributed by atoms with van der Waals surface area (Å²) in [5.41, 5.74) is 1.53. The fourth-order valence-corrected chi connectivity index (χ4v) is 2.48. The second-order valence-electron chi connectivity index (χ2n) is 5.11. The number of amides is 1. The standard InChI is InChI=1S/C15H16FN3O2/c1-19-9-17-8-11(19)7-15(20)18-13-4-5-21-14-3-2-10(16)6-12(13)14/h2-3,6,8-9,13H,4-5,7H2,1H3,(H,18,20)/t13-/m1/s1. The Morgan fingerprint density at radius 3 is 3.19 bits per heavy atom. The van der Waals surface area contributed by atoms with Gasteiger partial charge in [-0.1, -0.05) is 0 Å². The van der Waals surface area contributed by atoms with Gasteiger partial charge in [0.1, 0.15) is 11.6 Å². The van der Waals surface area contributed by atoms with E-state index in [2.05, 4.69) is 10.3 Å². The van der Waals surface area contributed by atoms with Crippen LogP contribution >= 0.6 is 0 Å². The van der Waals surface area contributed by atoms with E-state index < -0.39 is 0 Å². The van der Waals surface area contributed by atoms with Crippen molar-refractivity contribution in [3.63, 3.8) is 0 Å². The van der Waals surface area contributed by atoms with E-state index in [1.54, 1.807) is 23.2 Å². The monoisotopic (exact) mass is 289 g/mol. The molecule has 0 aliphatic carbocycles. The van der Waals surface area contributed by atoms with Gasteiger partial charge in [-0.3, -0.25) is 4.79 Å². The average molecular weight is 289 g/mol. The molecule has 1 aliphatic heterocycles. The van der Waals surface area contributed by atoms with Crippen LogP contribution in [0.3, 0.4) is 0 Å². The number of carbonyl (C=O) groups excluding carboxylic acids is 1. The third-order valence-corrected chi connectivity index (χ3v) is 3.60. The van der Waals surface area contributed by atoms with E-state index in [9.17, 15) is 9.18 Å². The molecule has 1 aromatic carbocycles. The molecule has 21 heavy (non-hydrogen) atoms. The van der Waals surface area contributed by atoms with Crippen LogP contribution in [-0.2, 0) is 18.3 Å². The molecule has 0 saturated carbocycles. The van der Waals surface area contributed by atoms with Crippen molar-refractivity contribution in [2.75, 3.05) is 6.61 Å². The number of nitrogens with zero attached hydrogens (tertiary/aromatic N) is 2. The zero-order valence-corrected chi connectivity index (χ0v) is 11.7. The molecule has 5 nitrogen and oxygen atoms in total. The van der Waals surface area contributed by atoms with E-state index in [0.717, 1.165) is 5.69 Å². The summed E-state index contributed by atoms with van der Waals surface area (Å²) in [4.78, 5) is 16.1. The molecule has 0 bridgehead atoms. The Labute approximate surface area is 121 Å². The SMILES string of the molecule is Cn1cncc1CC(=O)N[C@@H]1CCOc2ccc(F)cc21. The van der Waals surface area contributed by atoms with Gasteiger partial charge in [-0.15, -0.1) is 0 Å². The lowest BCUT2D eigenvalue weighted by atomic mass is 10.00. The molecule has 0 radical (unpaired) electrons. The Morgan fingerprint density at radius 1 is 1.57 bits per heavy atom. The Kier molecular flexibility index (Phi) is 3.60. The number of halogens is 1. The van der Waals surface area contributed by atoms with Crippen molar-refractivity contribution in [1.82, 2.24) is 14.9 Å². The van der Waals surface area contributed by atoms with Gasteiger partial charge in [0.25, 0.3) is 0 Å². The topological polar surface area (TPSA) is 56.2 Å². The Hall–Kier alpha value is -2.37. The summed E-state index contributed by atoms with van der Waals surface area (Å²) in [7, 11) is 1.84. The molecule has 1 amide bonds. The summed E-state index contributed by atoms with van der Waals surface area (Å²) in [6, 6.07) is 4.16. The summed E-state index contributed by atoms with van der Waals surface area (Å²) in [5, 5.41) is 2.94. The highest BCUT2D eigenvalue weighted by molar-refractivity contribution is 5.78. The Bertz CT molecular complexity index is 669. The first-order chi connectivity index (χ1) is 10.1. The van der Waals surface area contributed by atoms with Crippen molar-refractivity contribution >= 4 is 5.91 Å². The van der Waals surface area contributed by atoms with Crippen LogP contribution in [0, 0.1) is 5.82 Å². The van der Waals surface area contributed by atoms with Crippen molar-refractivity contribution in [1.29, 1.82) is 0 Å². The fraction of sp³-hybridized carbons (Fsp3) is 0.333. The number of rotatable bonds is 3. The van der Waals surface area contributed by atoms with Crippen molar-refractivity contribution < 1.29 is 13.9 Å². The van der Waals surface area contributed by atoms with Crippen LogP contribution in [0.15, 0.2) is 30.7 Å². The third-order valence-electron chi connectivity index (χ3n) is 3.60. The second-order valence-corrected chi connectivity index (χ2v) is 5.11. The number of hydrogen-bond donors (Lipinski definition) is 1. The molecule has 0 unspecified atom stereocenters. The lowest BCUT2D eigenvalue weighted by Gasteiger charge is -2.26. The summed E-state index contributed by atoms with van der Waals surface area (Å²) in [6.45, 7) is 0.509. The molecule has 0 fully saturated rings. The van der Waals surface area contributed by atoms with Gasteiger partial charge in [-0.2, -0.15) is 0 Å². The predicted octanol–water partition coefficient (Wildman–Crippen LogP) is 1.74. The first-order valence-electron chi connectivity index (χ1n) is 6.80. The van der Waals surface area contributed by atoms with Crippen LogP contribution in [0.2, 0.25) is 0 Å². The maximum Gasteiger partial charge on any atom is 0.226 e. The number of ether oxygens (including phenoxy) is 1. The smallest absolute Gasteiger partial charge is 0.226 e. The zero-order chi connectivity index (χ0) is 14.8. The number of imidazole rings is 1. The second kappa shape index (κ2) is 5.55. The van der Waals surface area contributed by atoms with Crippen molar-refractivity contribution in [3.8, 4) is 5.75 Å². The van der Waals surface area contributed by atoms with E-state index >= 15 is 0 Å². The van der Waals surface area contributed by atoms with Crippen LogP contribution in [0.25, 0.3) is 0 Å². The molecule has 1 N–H and O–H groups in total. The number of carbonyl (C=O) groups is 1. The fourth-order valence-electron chi connectivity index (χ4n) is 2.48. The number of aryl methyl sites for hydroxylation is 1. The summed E-state index contributed by atoms with van der Waals surface area (Å²) in [5.74, 6) is 0.194. The van der Waals surface area contributed by atoms with Crippen LogP contribution in [-0.4, -0.2) is 22.1 Å². The van der Waals surface area contributed by atoms with E-state index in [-0.39, 0.29) is 24.2 Å². The summed E-state index contributed by atoms with van der Waals surface area (Å²) < 4.78 is 20.7. The van der Waals surface area contributed by atoms with Gasteiger partial charge in [0, 0.05) is 30.9 Å². The number of benzene rings is 1. The van der Waals surface area contributed by atoms with Gasteiger partial charge < -0.3 is 14.6 Å². The molecule has 1 aliphatic rings. The van der Waals surface area contributed by atoms with E-state index in [1.807, 2.05) is 7.05 Å². The number of fused-ring (bicyclic) bond motifs is 1. The lowest BCUT2D eigenvalue weighted by Crippen LogP contribution is -2.33. The minimum absolute atomic E-state index is 0.110. The molecule has 2 aromatic rings. The number of hydrogen-bond acceptors (Lipinski definition) is 3. The highest BCUT2D eigenvalue weighted by Gasteiger charge is 2.23. The first kappa shape index (κ1) is 13.6. The predicted molar refractivity (Wildman–Crippen MR) is 74.3 cm³/mol. The van der Waals surface area contributed by atoms with Crippen molar-refractivity contribution in [2.45, 2.75) is 18.9 Å². The van der Waals surface area contributed by atoms with Gasteiger partial charge in [-0.05, 0) is 18.2 Å². The third kappa shape index (κ3) is 2.89. The van der Waals surface area contributed by atoms with E-state index in [1.165, 1.54) is 12.1 Å². The van der Waals surface area contributed by atoms with Gasteiger partial charge in [0.15, 0.2) is 0 Å². The Balaban J connectivity index is 1.73. The lowest BCUT2D eigenvalue weighted by molar-refractivity contribution is -0.121. The molecule has 3 rings (SSSR count). The maximum atomic E-state index is 13.4. The van der Waals surface area contributed by atoms with Gasteiger partial charge >= 0.3 is 0 Å². The molecule has 2 heterocycles. The molecular formula is C15H16FN3O2. The minimum atomic E-state index is -0.329. The minimum Gasteiger partial charge on any atom is -0.493 e. The van der Waals surface area contributed by atoms with Crippen LogP contribution < -0.4 is 10.1 Å². The summed E-state index contributed by atoms with van der Waals surface area (Å²) >= 11 is 0. The zero-order valence-electron chi connectivity index (χ0n) is 11.7. The van der Waals surface area contributed by atoms with E-state index in [4.69, 9.17) is 4.74 Å². The van der Waals surface area contributed by atoms with Crippen LogP contribution in [0.5, 0.6) is 5.75 Å². The molecule has 110 valence electrons. The van der Waals surface area contributed by atoms with Crippen molar-refractivity contribution in [3.05, 3.63) is 47.8 Å². The Morgan fingerprint density at radius 2 is 2.43 bits per heavy atom. The van der Waals surface area contributed by atoms with Gasteiger partial charge in [0.05, 0.1) is 25.4 Å². The van der Waals surface area contributed by atoms with Gasteiger partial charge in [-0.25, -0.2) is 9.37 Å². The molecular weight excluding hydrogens is 273 g/mol. The van der Waals surface area contributed by atoms with Crippen molar-refractivity contribution in [2.24, 2.45) is 7.05 Å². The number of aromatic nitrogens is 2. The first-order valence-corrected chi connectivity index (χ1v) is 6.80. The highest BCUT2D eigenvalue weighted by atomic mass is 19.1. The quantitative estimate of drug-likeness (QED) is 0.936. The largest absolute Gasteiger partial charge is 0.493 e. The van der Waals surface area contributed by atoms with Gasteiger partial charge in [0.2, 0.25) is 5.91 Å². The van der Waals surface area contributed by atoms with Crippen LogP contribution in [0.4, 0.5) is 4.39 Å². The molecule has 1 aromatic heterocycles. The molecule has 0 saturated heterocycles. The molecule has 1 atom stereocenters. The normalized spacial score (nSPS) is 17.0. The summed E-state index contributed by atoms with van der Waals surface area (Å²) in [6.07, 6.45) is 4.20. The molecule has 0 spiro atoms.